The Kier molecular flexibility index (Phi) is 2.56. The summed E-state index contributed by atoms with van der Waals surface area (Å²) >= 11 is 2.85. The van der Waals surface area contributed by atoms with E-state index in [1.165, 1.54) is 0 Å². The first-order valence-electron chi connectivity index (χ1n) is 3.06. The van der Waals surface area contributed by atoms with Gasteiger partial charge >= 0.3 is 0 Å². The van der Waals surface area contributed by atoms with Crippen LogP contribution in [-0.4, -0.2) is 7.85 Å². The molecule has 1 aromatic carbocycles. The topological polar surface area (TPSA) is 33.0 Å². The van der Waals surface area contributed by atoms with Gasteiger partial charge in [-0.1, -0.05) is 11.5 Å². The molecule has 1 rings (SSSR count). The second-order valence-corrected chi connectivity index (χ2v) is 2.55. The number of hydrogen-bond donors (Lipinski definition) is 0. The van der Waals surface area contributed by atoms with Gasteiger partial charge in [0.25, 0.3) is 0 Å². The Bertz CT molecular complexity index is 308. The van der Waals surface area contributed by atoms with E-state index in [0.29, 0.717) is 11.3 Å². The zero-order valence-corrected chi connectivity index (χ0v) is 7.55. The molecule has 11 heavy (non-hydrogen) atoms. The van der Waals surface area contributed by atoms with Crippen LogP contribution in [0.4, 0.5) is 0 Å². The Labute approximate surface area is 74.6 Å². The minimum absolute atomic E-state index is 0.611. The number of nitriles is 1. The minimum atomic E-state index is 0.611. The van der Waals surface area contributed by atoms with Crippen LogP contribution in [0.15, 0.2) is 18.2 Å². The molecule has 4 heteroatoms. The van der Waals surface area contributed by atoms with Gasteiger partial charge in [0.05, 0.1) is 11.6 Å². The molecule has 0 N–H and O–H groups in total. The van der Waals surface area contributed by atoms with Crippen molar-refractivity contribution in [3.63, 3.8) is 0 Å². The summed E-state index contributed by atoms with van der Waals surface area (Å²) in [5.74, 6) is 0.654. The average molecular weight is 210 g/mol. The van der Waals surface area contributed by atoms with Crippen LogP contribution in [0.2, 0.25) is 0 Å². The number of halogens is 1. The third-order valence-corrected chi connectivity index (χ3v) is 1.64. The number of rotatable bonds is 1. The fraction of sp³-hybridized carbons (Fsp3) is 0. The van der Waals surface area contributed by atoms with Crippen molar-refractivity contribution in [1.82, 2.24) is 0 Å². The fourth-order valence-electron chi connectivity index (χ4n) is 0.857. The fourth-order valence-corrected chi connectivity index (χ4v) is 1.04. The molecule has 0 saturated carbocycles. The van der Waals surface area contributed by atoms with E-state index in [9.17, 15) is 0 Å². The summed E-state index contributed by atoms with van der Waals surface area (Å²) in [4.78, 5) is 0. The molecular weight excluding hydrogens is 205 g/mol. The summed E-state index contributed by atoms with van der Waals surface area (Å²) in [6.07, 6.45) is 0. The molecule has 0 amide bonds. The summed E-state index contributed by atoms with van der Waals surface area (Å²) in [6.45, 7) is 0. The van der Waals surface area contributed by atoms with Gasteiger partial charge in [-0.15, -0.1) is 0 Å². The Morgan fingerprint density at radius 3 is 2.73 bits per heavy atom. The molecule has 1 aromatic rings. The summed E-state index contributed by atoms with van der Waals surface area (Å²) in [5, 5.41) is 8.56. The summed E-state index contributed by atoms with van der Waals surface area (Å²) in [7, 11) is 1.91. The van der Waals surface area contributed by atoms with E-state index in [4.69, 9.17) is 9.09 Å². The lowest BCUT2D eigenvalue weighted by molar-refractivity contribution is 0.679. The first-order chi connectivity index (χ1) is 5.26. The summed E-state index contributed by atoms with van der Waals surface area (Å²) in [5.41, 5.74) is 1.62. The van der Waals surface area contributed by atoms with Crippen LogP contribution in [-0.2, 0) is 0 Å². The lowest BCUT2D eigenvalue weighted by Gasteiger charge is -1.98. The smallest absolute Gasteiger partial charge is 0.179 e. The molecule has 0 atom stereocenters. The van der Waals surface area contributed by atoms with Crippen molar-refractivity contribution in [3.05, 3.63) is 23.8 Å². The molecule has 0 spiro atoms. The second-order valence-electron chi connectivity index (χ2n) is 2.22. The van der Waals surface area contributed by atoms with Crippen molar-refractivity contribution in [1.29, 1.82) is 5.26 Å². The molecular formula is C7H5BBrNO. The molecule has 54 valence electrons. The second kappa shape index (κ2) is 3.45. The zero-order valence-electron chi connectivity index (χ0n) is 5.97. The first kappa shape index (κ1) is 8.15. The van der Waals surface area contributed by atoms with E-state index < -0.39 is 0 Å². The van der Waals surface area contributed by atoms with Crippen LogP contribution < -0.4 is 9.29 Å². The van der Waals surface area contributed by atoms with Gasteiger partial charge in [-0.3, -0.25) is 0 Å². The van der Waals surface area contributed by atoms with Crippen molar-refractivity contribution in [3.8, 4) is 11.8 Å². The molecule has 0 bridgehead atoms. The molecule has 0 heterocycles. The normalized spacial score (nSPS) is 8.73. The van der Waals surface area contributed by atoms with E-state index in [1.807, 2.05) is 20.0 Å². The Hall–Kier alpha value is -0.945. The predicted molar refractivity (Wildman–Crippen MR) is 48.9 cm³/mol. The van der Waals surface area contributed by atoms with Crippen LogP contribution in [0.3, 0.4) is 0 Å². The maximum atomic E-state index is 8.56. The van der Waals surface area contributed by atoms with Gasteiger partial charge in [-0.2, -0.15) is 5.26 Å². The zero-order chi connectivity index (χ0) is 8.27. The molecule has 0 aliphatic rings. The highest BCUT2D eigenvalue weighted by Gasteiger charge is 1.96. The van der Waals surface area contributed by atoms with E-state index in [-0.39, 0.29) is 0 Å². The molecule has 0 fully saturated rings. The average Bonchev–Trinajstić information content (AvgIpc) is 2.03. The Balaban J connectivity index is 3.15. The van der Waals surface area contributed by atoms with Crippen molar-refractivity contribution in [2.45, 2.75) is 0 Å². The van der Waals surface area contributed by atoms with Crippen LogP contribution in [0, 0.1) is 11.3 Å². The lowest BCUT2D eigenvalue weighted by atomic mass is 9.94. The van der Waals surface area contributed by atoms with Crippen LogP contribution >= 0.6 is 16.3 Å². The van der Waals surface area contributed by atoms with E-state index >= 15 is 0 Å². The molecule has 0 unspecified atom stereocenters. The Morgan fingerprint density at radius 1 is 1.45 bits per heavy atom. The monoisotopic (exact) mass is 209 g/mol. The minimum Gasteiger partial charge on any atom is -0.418 e. The van der Waals surface area contributed by atoms with Crippen molar-refractivity contribution < 1.29 is 3.83 Å². The van der Waals surface area contributed by atoms with E-state index in [2.05, 4.69) is 16.3 Å². The maximum Gasteiger partial charge on any atom is 0.179 e. The van der Waals surface area contributed by atoms with Gasteiger partial charge in [0.2, 0.25) is 0 Å². The van der Waals surface area contributed by atoms with E-state index in [1.54, 1.807) is 12.1 Å². The Morgan fingerprint density at radius 2 is 2.18 bits per heavy atom. The van der Waals surface area contributed by atoms with Gasteiger partial charge in [0.15, 0.2) is 16.3 Å². The third-order valence-electron chi connectivity index (χ3n) is 1.27. The standard InChI is InChI=1S/C7H5BBrNO/c8-6-1-5(4-10)2-7(3-6)11-9/h1-3H,8H2. The number of hydrogen-bond acceptors (Lipinski definition) is 2. The predicted octanol–water partition coefficient (Wildman–Crippen LogP) is 0.505. The van der Waals surface area contributed by atoms with Gasteiger partial charge in [0, 0.05) is 0 Å². The molecule has 0 aromatic heterocycles. The lowest BCUT2D eigenvalue weighted by Crippen LogP contribution is -2.01. The van der Waals surface area contributed by atoms with Gasteiger partial charge in [-0.05, 0) is 12.1 Å². The number of benzene rings is 1. The summed E-state index contributed by atoms with van der Waals surface area (Å²) < 4.78 is 4.80. The summed E-state index contributed by atoms with van der Waals surface area (Å²) in [6, 6.07) is 7.35. The van der Waals surface area contributed by atoms with Crippen LogP contribution in [0.5, 0.6) is 5.75 Å². The highest BCUT2D eigenvalue weighted by atomic mass is 79.9. The van der Waals surface area contributed by atoms with E-state index in [0.717, 1.165) is 5.46 Å². The molecule has 0 aliphatic heterocycles. The number of nitrogens with zero attached hydrogens (tertiary/aromatic N) is 1. The highest BCUT2D eigenvalue weighted by molar-refractivity contribution is 9.06. The largest absolute Gasteiger partial charge is 0.418 e. The van der Waals surface area contributed by atoms with Gasteiger partial charge in [0.1, 0.15) is 13.6 Å². The molecule has 0 radical (unpaired) electrons. The van der Waals surface area contributed by atoms with Crippen molar-refractivity contribution in [2.75, 3.05) is 0 Å². The van der Waals surface area contributed by atoms with Crippen molar-refractivity contribution >= 4 is 29.6 Å². The van der Waals surface area contributed by atoms with Crippen molar-refractivity contribution in [2.24, 2.45) is 0 Å². The SMILES string of the molecule is Bc1cc(C#N)cc(OBr)c1. The highest BCUT2D eigenvalue weighted by Crippen LogP contribution is 2.12. The third kappa shape index (κ3) is 1.99. The van der Waals surface area contributed by atoms with Crippen LogP contribution in [0.1, 0.15) is 5.56 Å². The quantitative estimate of drug-likeness (QED) is 0.632. The van der Waals surface area contributed by atoms with Gasteiger partial charge < -0.3 is 3.83 Å². The molecule has 0 aliphatic carbocycles. The van der Waals surface area contributed by atoms with Gasteiger partial charge in [-0.25, -0.2) is 0 Å². The van der Waals surface area contributed by atoms with Crippen LogP contribution in [0.25, 0.3) is 0 Å². The molecule has 0 saturated heterocycles. The molecule has 2 nitrogen and oxygen atoms in total. The maximum absolute atomic E-state index is 8.56. The first-order valence-corrected chi connectivity index (χ1v) is 3.71.